The summed E-state index contributed by atoms with van der Waals surface area (Å²) in [6, 6.07) is 7.50. The number of alkyl carbamates (subject to hydrolysis) is 1. The van der Waals surface area contributed by atoms with Gasteiger partial charge in [-0.25, -0.2) is 4.79 Å². The number of benzene rings is 1. The molecule has 1 aliphatic heterocycles. The van der Waals surface area contributed by atoms with Gasteiger partial charge >= 0.3 is 6.09 Å². The van der Waals surface area contributed by atoms with Gasteiger partial charge in [0.2, 0.25) is 0 Å². The van der Waals surface area contributed by atoms with Crippen molar-refractivity contribution in [3.63, 3.8) is 0 Å². The minimum atomic E-state index is -1.26. The van der Waals surface area contributed by atoms with Crippen molar-refractivity contribution in [3.8, 4) is 0 Å². The molecule has 5 N–H and O–H groups in total. The van der Waals surface area contributed by atoms with E-state index < -0.39 is 36.7 Å². The van der Waals surface area contributed by atoms with Crippen LogP contribution in [-0.4, -0.2) is 46.9 Å². The zero-order chi connectivity index (χ0) is 15.4. The Bertz CT molecular complexity index is 470. The number of rotatable bonds is 3. The number of amides is 1. The number of nitrogens with one attached hydrogen (secondary N) is 1. The molecule has 1 amide bonds. The quantitative estimate of drug-likeness (QED) is 0.609. The molecule has 1 aliphatic rings. The third-order valence-corrected chi connectivity index (χ3v) is 3.45. The summed E-state index contributed by atoms with van der Waals surface area (Å²) in [6.45, 7) is 1.75. The molecular weight excluding hydrogens is 276 g/mol. The van der Waals surface area contributed by atoms with E-state index >= 15 is 0 Å². The summed E-state index contributed by atoms with van der Waals surface area (Å²) in [5.74, 6) is 0. The van der Waals surface area contributed by atoms with Gasteiger partial charge in [-0.05, 0) is 12.5 Å². The molecule has 1 aromatic carbocycles. The standard InChI is InChI=1S/C14H20N2O5/c1-8-11(12(17)10(15)13(18)21-8)16-14(19)20-7-9-5-3-2-4-6-9/h2-6,8,10-13,17-18H,7,15H2,1H3,(H,16,19)/t8-,10-,11+,12-,13?/m1/s1. The topological polar surface area (TPSA) is 114 Å². The first-order valence-electron chi connectivity index (χ1n) is 6.73. The van der Waals surface area contributed by atoms with Crippen molar-refractivity contribution < 1.29 is 24.5 Å². The van der Waals surface area contributed by atoms with Crippen LogP contribution < -0.4 is 11.1 Å². The highest BCUT2D eigenvalue weighted by atomic mass is 16.6. The van der Waals surface area contributed by atoms with Crippen LogP contribution in [0.2, 0.25) is 0 Å². The first-order valence-corrected chi connectivity index (χ1v) is 6.73. The minimum Gasteiger partial charge on any atom is -0.445 e. The zero-order valence-corrected chi connectivity index (χ0v) is 11.7. The van der Waals surface area contributed by atoms with Crippen LogP contribution in [0.25, 0.3) is 0 Å². The number of ether oxygens (including phenoxy) is 2. The second-order valence-corrected chi connectivity index (χ2v) is 5.03. The van der Waals surface area contributed by atoms with Gasteiger partial charge in [-0.3, -0.25) is 0 Å². The lowest BCUT2D eigenvalue weighted by atomic mass is 9.96. The fourth-order valence-electron chi connectivity index (χ4n) is 2.18. The van der Waals surface area contributed by atoms with Crippen molar-refractivity contribution >= 4 is 6.09 Å². The Morgan fingerprint density at radius 3 is 2.71 bits per heavy atom. The lowest BCUT2D eigenvalue weighted by Gasteiger charge is -2.40. The minimum absolute atomic E-state index is 0.124. The largest absolute Gasteiger partial charge is 0.445 e. The molecule has 0 aromatic heterocycles. The third-order valence-electron chi connectivity index (χ3n) is 3.45. The molecular formula is C14H20N2O5. The molecule has 1 saturated heterocycles. The van der Waals surface area contributed by atoms with Crippen LogP contribution in [-0.2, 0) is 16.1 Å². The van der Waals surface area contributed by atoms with Gasteiger partial charge in [-0.1, -0.05) is 30.3 Å². The van der Waals surface area contributed by atoms with Crippen LogP contribution in [0.4, 0.5) is 4.79 Å². The summed E-state index contributed by atoms with van der Waals surface area (Å²) in [5.41, 5.74) is 6.45. The molecule has 1 heterocycles. The average molecular weight is 296 g/mol. The molecule has 1 unspecified atom stereocenters. The Morgan fingerprint density at radius 1 is 1.38 bits per heavy atom. The predicted octanol–water partition coefficient (Wildman–Crippen LogP) is -0.293. The van der Waals surface area contributed by atoms with Crippen LogP contribution in [0.5, 0.6) is 0 Å². The Labute approximate surface area is 122 Å². The highest BCUT2D eigenvalue weighted by Crippen LogP contribution is 2.18. The van der Waals surface area contributed by atoms with E-state index in [-0.39, 0.29) is 6.61 Å². The van der Waals surface area contributed by atoms with Gasteiger partial charge in [0.25, 0.3) is 0 Å². The molecule has 0 bridgehead atoms. The number of nitrogens with two attached hydrogens (primary N) is 1. The summed E-state index contributed by atoms with van der Waals surface area (Å²) < 4.78 is 10.2. The maximum Gasteiger partial charge on any atom is 0.407 e. The monoisotopic (exact) mass is 296 g/mol. The van der Waals surface area contributed by atoms with Gasteiger partial charge in [0, 0.05) is 0 Å². The fraction of sp³-hybridized carbons (Fsp3) is 0.500. The maximum atomic E-state index is 11.8. The van der Waals surface area contributed by atoms with Crippen molar-refractivity contribution in [1.29, 1.82) is 0 Å². The molecule has 1 fully saturated rings. The number of aliphatic hydroxyl groups is 2. The molecule has 7 nitrogen and oxygen atoms in total. The van der Waals surface area contributed by atoms with Crippen molar-refractivity contribution in [3.05, 3.63) is 35.9 Å². The SMILES string of the molecule is C[C@H]1OC(O)[C@H](N)[C@@H](O)[C@H]1NC(=O)OCc1ccccc1. The van der Waals surface area contributed by atoms with Gasteiger partial charge < -0.3 is 30.7 Å². The molecule has 116 valence electrons. The van der Waals surface area contributed by atoms with Gasteiger partial charge in [-0.2, -0.15) is 0 Å². The third kappa shape index (κ3) is 3.92. The number of carbonyl (C=O) groups is 1. The summed E-state index contributed by atoms with van der Waals surface area (Å²) in [4.78, 5) is 11.8. The number of carbonyl (C=O) groups excluding carboxylic acids is 1. The first-order chi connectivity index (χ1) is 9.99. The second-order valence-electron chi connectivity index (χ2n) is 5.03. The summed E-state index contributed by atoms with van der Waals surface area (Å²) in [7, 11) is 0. The van der Waals surface area contributed by atoms with Crippen LogP contribution in [0.3, 0.4) is 0 Å². The van der Waals surface area contributed by atoms with E-state index in [0.717, 1.165) is 5.56 Å². The summed E-state index contributed by atoms with van der Waals surface area (Å²) in [5, 5.41) is 22.0. The van der Waals surface area contributed by atoms with Crippen LogP contribution in [0, 0.1) is 0 Å². The average Bonchev–Trinajstić information content (AvgIpc) is 2.48. The lowest BCUT2D eigenvalue weighted by molar-refractivity contribution is -0.206. The van der Waals surface area contributed by atoms with E-state index in [1.54, 1.807) is 6.92 Å². The molecule has 7 heteroatoms. The molecule has 0 radical (unpaired) electrons. The Hall–Kier alpha value is -1.67. The van der Waals surface area contributed by atoms with Crippen LogP contribution in [0.1, 0.15) is 12.5 Å². The van der Waals surface area contributed by atoms with Crippen molar-refractivity contribution in [2.45, 2.75) is 44.1 Å². The maximum absolute atomic E-state index is 11.8. The first kappa shape index (κ1) is 15.7. The van der Waals surface area contributed by atoms with E-state index in [4.69, 9.17) is 15.2 Å². The van der Waals surface area contributed by atoms with E-state index in [0.29, 0.717) is 0 Å². The predicted molar refractivity (Wildman–Crippen MR) is 74.1 cm³/mol. The number of hydrogen-bond acceptors (Lipinski definition) is 6. The van der Waals surface area contributed by atoms with Gasteiger partial charge in [-0.15, -0.1) is 0 Å². The van der Waals surface area contributed by atoms with Crippen molar-refractivity contribution in [2.24, 2.45) is 5.73 Å². The van der Waals surface area contributed by atoms with E-state index in [9.17, 15) is 15.0 Å². The van der Waals surface area contributed by atoms with Gasteiger partial charge in [0.05, 0.1) is 24.3 Å². The normalized spacial score (nSPS) is 32.5. The zero-order valence-electron chi connectivity index (χ0n) is 11.7. The van der Waals surface area contributed by atoms with Crippen LogP contribution in [0.15, 0.2) is 30.3 Å². The van der Waals surface area contributed by atoms with Crippen molar-refractivity contribution in [2.75, 3.05) is 0 Å². The van der Waals surface area contributed by atoms with Gasteiger partial charge in [0.15, 0.2) is 6.29 Å². The van der Waals surface area contributed by atoms with Gasteiger partial charge in [0.1, 0.15) is 6.61 Å². The number of hydrogen-bond donors (Lipinski definition) is 4. The Kier molecular flexibility index (Phi) is 5.13. The Morgan fingerprint density at radius 2 is 2.05 bits per heavy atom. The molecule has 0 spiro atoms. The summed E-state index contributed by atoms with van der Waals surface area (Å²) in [6.07, 6.45) is -3.64. The van der Waals surface area contributed by atoms with E-state index in [2.05, 4.69) is 5.32 Å². The molecule has 21 heavy (non-hydrogen) atoms. The van der Waals surface area contributed by atoms with E-state index in [1.165, 1.54) is 0 Å². The molecule has 0 aliphatic carbocycles. The fourth-order valence-corrected chi connectivity index (χ4v) is 2.18. The lowest BCUT2D eigenvalue weighted by Crippen LogP contribution is -2.65. The van der Waals surface area contributed by atoms with Crippen molar-refractivity contribution in [1.82, 2.24) is 5.32 Å². The second kappa shape index (κ2) is 6.86. The molecule has 0 saturated carbocycles. The molecule has 1 aromatic rings. The van der Waals surface area contributed by atoms with E-state index in [1.807, 2.05) is 30.3 Å². The summed E-state index contributed by atoms with van der Waals surface area (Å²) >= 11 is 0. The number of aliphatic hydroxyl groups excluding tert-OH is 2. The highest BCUT2D eigenvalue weighted by Gasteiger charge is 2.41. The molecule has 2 rings (SSSR count). The highest BCUT2D eigenvalue weighted by molar-refractivity contribution is 5.67. The van der Waals surface area contributed by atoms with Crippen LogP contribution >= 0.6 is 0 Å². The smallest absolute Gasteiger partial charge is 0.407 e. The molecule has 5 atom stereocenters. The Balaban J connectivity index is 1.87.